The van der Waals surface area contributed by atoms with Gasteiger partial charge in [-0.3, -0.25) is 0 Å². The smallest absolute Gasteiger partial charge is 0.215 e. The van der Waals surface area contributed by atoms with Crippen LogP contribution in [0.25, 0.3) is 0 Å². The van der Waals surface area contributed by atoms with E-state index in [1.54, 1.807) is 17.4 Å². The lowest BCUT2D eigenvalue weighted by molar-refractivity contribution is 0.0821. The monoisotopic (exact) mass is 210 g/mol. The van der Waals surface area contributed by atoms with Crippen LogP contribution < -0.4 is 0 Å². The van der Waals surface area contributed by atoms with Gasteiger partial charge in [-0.05, 0) is 16.8 Å². The Bertz CT molecular complexity index is 331. The van der Waals surface area contributed by atoms with Crippen LogP contribution in [0.15, 0.2) is 35.0 Å². The summed E-state index contributed by atoms with van der Waals surface area (Å²) in [5.74, 6) is -0.947. The fraction of sp³-hybridized carbons (Fsp3) is 0.400. The average molecular weight is 210 g/mol. The number of ether oxygens (including phenoxy) is 2. The first-order chi connectivity index (χ1) is 6.80. The Kier molecular flexibility index (Phi) is 1.79. The van der Waals surface area contributed by atoms with Crippen molar-refractivity contribution in [2.45, 2.75) is 24.1 Å². The maximum Gasteiger partial charge on any atom is 0.215 e. The molecule has 4 heteroatoms. The predicted molar refractivity (Wildman–Crippen MR) is 51.9 cm³/mol. The number of hydrogen-bond acceptors (Lipinski definition) is 4. The minimum Gasteiger partial charge on any atom is -0.362 e. The van der Waals surface area contributed by atoms with Gasteiger partial charge in [0.1, 0.15) is 18.3 Å². The van der Waals surface area contributed by atoms with Crippen molar-refractivity contribution in [2.24, 2.45) is 0 Å². The van der Waals surface area contributed by atoms with E-state index in [9.17, 15) is 5.11 Å². The molecule has 4 unspecified atom stereocenters. The van der Waals surface area contributed by atoms with Crippen molar-refractivity contribution in [3.8, 4) is 0 Å². The quantitative estimate of drug-likeness (QED) is 0.516. The molecule has 0 bridgehead atoms. The van der Waals surface area contributed by atoms with Gasteiger partial charge in [-0.25, -0.2) is 0 Å². The lowest BCUT2D eigenvalue weighted by atomic mass is 10.1. The van der Waals surface area contributed by atoms with Crippen molar-refractivity contribution in [1.29, 1.82) is 0 Å². The summed E-state index contributed by atoms with van der Waals surface area (Å²) in [7, 11) is 0. The van der Waals surface area contributed by atoms with Crippen molar-refractivity contribution in [3.63, 3.8) is 0 Å². The van der Waals surface area contributed by atoms with E-state index in [-0.39, 0.29) is 18.3 Å². The number of epoxide rings is 2. The maximum atomic E-state index is 9.26. The van der Waals surface area contributed by atoms with Gasteiger partial charge in [0.25, 0.3) is 0 Å². The molecule has 2 aliphatic heterocycles. The summed E-state index contributed by atoms with van der Waals surface area (Å²) < 4.78 is 10.1. The first-order valence-electron chi connectivity index (χ1n) is 4.52. The largest absolute Gasteiger partial charge is 0.362 e. The summed E-state index contributed by atoms with van der Waals surface area (Å²) in [6.07, 6.45) is 3.85. The van der Waals surface area contributed by atoms with Crippen LogP contribution in [0, 0.1) is 0 Å². The average Bonchev–Trinajstić information content (AvgIpc) is 3.00. The Balaban J connectivity index is 0.000000110. The lowest BCUT2D eigenvalue weighted by Crippen LogP contribution is -2.19. The summed E-state index contributed by atoms with van der Waals surface area (Å²) in [5, 5.41) is 13.3. The van der Waals surface area contributed by atoms with Crippen LogP contribution >= 0.6 is 11.3 Å². The molecule has 1 N–H and O–H groups in total. The topological polar surface area (TPSA) is 45.3 Å². The molecule has 1 aromatic rings. The molecule has 2 fully saturated rings. The third-order valence-corrected chi connectivity index (χ3v) is 3.10. The molecule has 4 rings (SSSR count). The molecular formula is C10H10O3S. The number of thiophene rings is 1. The van der Waals surface area contributed by atoms with Crippen molar-refractivity contribution < 1.29 is 14.6 Å². The number of rotatable bonds is 0. The summed E-state index contributed by atoms with van der Waals surface area (Å²) in [4.78, 5) is 0. The van der Waals surface area contributed by atoms with Crippen molar-refractivity contribution in [2.75, 3.05) is 0 Å². The normalized spacial score (nSPS) is 45.6. The fourth-order valence-electron chi connectivity index (χ4n) is 1.60. The van der Waals surface area contributed by atoms with E-state index in [4.69, 9.17) is 9.47 Å². The molecule has 3 aliphatic rings. The molecule has 0 radical (unpaired) electrons. The zero-order valence-corrected chi connectivity index (χ0v) is 8.18. The molecule has 1 aliphatic carbocycles. The molecule has 3 heterocycles. The van der Waals surface area contributed by atoms with Crippen LogP contribution in [-0.4, -0.2) is 29.2 Å². The predicted octanol–water partition coefficient (Wildman–Crippen LogP) is 1.16. The SMILES string of the molecule is OC12C=CC3OC3C1O2.c1ccsc1. The third kappa shape index (κ3) is 1.40. The standard InChI is InChI=1S/C6H6O3.C4H4S/c7-6-2-1-3-4(8-3)5(6)9-6;1-2-4-5-3-1/h1-5,7H;1-4H. The Morgan fingerprint density at radius 1 is 1.29 bits per heavy atom. The summed E-state index contributed by atoms with van der Waals surface area (Å²) >= 11 is 1.71. The third-order valence-electron chi connectivity index (χ3n) is 2.48. The van der Waals surface area contributed by atoms with Gasteiger partial charge in [0, 0.05) is 0 Å². The molecule has 0 saturated carbocycles. The molecule has 4 atom stereocenters. The lowest BCUT2D eigenvalue weighted by Gasteiger charge is -1.97. The van der Waals surface area contributed by atoms with Gasteiger partial charge < -0.3 is 14.6 Å². The van der Waals surface area contributed by atoms with E-state index in [0.29, 0.717) is 0 Å². The van der Waals surface area contributed by atoms with Crippen molar-refractivity contribution in [3.05, 3.63) is 35.0 Å². The van der Waals surface area contributed by atoms with Crippen LogP contribution in [0.4, 0.5) is 0 Å². The van der Waals surface area contributed by atoms with Crippen LogP contribution in [0.3, 0.4) is 0 Å². The van der Waals surface area contributed by atoms with Crippen molar-refractivity contribution in [1.82, 2.24) is 0 Å². The number of aliphatic hydroxyl groups is 1. The van der Waals surface area contributed by atoms with Crippen molar-refractivity contribution >= 4 is 11.3 Å². The highest BCUT2D eigenvalue weighted by atomic mass is 32.1. The van der Waals surface area contributed by atoms with Gasteiger partial charge in [-0.1, -0.05) is 18.2 Å². The van der Waals surface area contributed by atoms with E-state index in [1.165, 1.54) is 0 Å². The zero-order valence-electron chi connectivity index (χ0n) is 7.37. The first kappa shape index (κ1) is 8.61. The molecule has 0 aromatic carbocycles. The summed E-state index contributed by atoms with van der Waals surface area (Å²) in [5.41, 5.74) is 0. The summed E-state index contributed by atoms with van der Waals surface area (Å²) in [6.45, 7) is 0. The van der Waals surface area contributed by atoms with Gasteiger partial charge in [-0.2, -0.15) is 11.3 Å². The van der Waals surface area contributed by atoms with Crippen LogP contribution in [0.1, 0.15) is 0 Å². The second kappa shape index (κ2) is 2.90. The second-order valence-corrected chi connectivity index (χ2v) is 4.32. The minimum absolute atomic E-state index is 0.0625. The Hall–Kier alpha value is -0.680. The Morgan fingerprint density at radius 2 is 2.07 bits per heavy atom. The molecule has 74 valence electrons. The molecule has 14 heavy (non-hydrogen) atoms. The number of hydrogen-bond donors (Lipinski definition) is 1. The van der Waals surface area contributed by atoms with Gasteiger partial charge in [-0.15, -0.1) is 0 Å². The van der Waals surface area contributed by atoms with E-state index in [1.807, 2.05) is 29.0 Å². The highest BCUT2D eigenvalue weighted by Gasteiger charge is 2.68. The molecule has 1 aromatic heterocycles. The maximum absolute atomic E-state index is 9.26. The van der Waals surface area contributed by atoms with Gasteiger partial charge in [0.05, 0.1) is 0 Å². The Morgan fingerprint density at radius 3 is 2.64 bits per heavy atom. The first-order valence-corrected chi connectivity index (χ1v) is 5.46. The minimum atomic E-state index is -0.947. The van der Waals surface area contributed by atoms with Crippen LogP contribution in [-0.2, 0) is 9.47 Å². The van der Waals surface area contributed by atoms with E-state index >= 15 is 0 Å². The summed E-state index contributed by atoms with van der Waals surface area (Å²) in [6, 6.07) is 4.04. The molecule has 0 spiro atoms. The van der Waals surface area contributed by atoms with E-state index in [0.717, 1.165) is 0 Å². The van der Waals surface area contributed by atoms with Gasteiger partial charge in [0.2, 0.25) is 5.79 Å². The van der Waals surface area contributed by atoms with Crippen LogP contribution in [0.2, 0.25) is 0 Å². The molecule has 2 saturated heterocycles. The fourth-order valence-corrected chi connectivity index (χ4v) is 2.05. The van der Waals surface area contributed by atoms with Gasteiger partial charge in [0.15, 0.2) is 0 Å². The molecule has 3 nitrogen and oxygen atoms in total. The molecular weight excluding hydrogens is 200 g/mol. The molecule has 0 amide bonds. The van der Waals surface area contributed by atoms with Gasteiger partial charge >= 0.3 is 0 Å². The highest BCUT2D eigenvalue weighted by Crippen LogP contribution is 2.49. The Labute approximate surface area is 85.6 Å². The second-order valence-electron chi connectivity index (χ2n) is 3.51. The van der Waals surface area contributed by atoms with Crippen LogP contribution in [0.5, 0.6) is 0 Å². The highest BCUT2D eigenvalue weighted by molar-refractivity contribution is 7.07. The van der Waals surface area contributed by atoms with E-state index < -0.39 is 5.79 Å². The number of fused-ring (bicyclic) bond motifs is 3. The van der Waals surface area contributed by atoms with E-state index in [2.05, 4.69) is 0 Å². The zero-order chi connectivity index (χ0) is 9.60.